The van der Waals surface area contributed by atoms with Gasteiger partial charge in [-0.25, -0.2) is 0 Å². The number of amides is 1. The van der Waals surface area contributed by atoms with E-state index in [4.69, 9.17) is 4.74 Å². The van der Waals surface area contributed by atoms with Crippen LogP contribution >= 0.6 is 0 Å². The number of carbonyl (C=O) groups is 1. The van der Waals surface area contributed by atoms with Gasteiger partial charge >= 0.3 is 0 Å². The van der Waals surface area contributed by atoms with Gasteiger partial charge in [0.05, 0.1) is 17.8 Å². The zero-order chi connectivity index (χ0) is 19.0. The topological polar surface area (TPSA) is 107 Å². The SMILES string of the molecule is Cc1[nH]ncc1-c1ccc(NC(=O)C2COc3ccc(O)cc3C2)c(O)c1. The van der Waals surface area contributed by atoms with Gasteiger partial charge in [0, 0.05) is 11.3 Å². The van der Waals surface area contributed by atoms with Crippen LogP contribution in [0.2, 0.25) is 0 Å². The van der Waals surface area contributed by atoms with Gasteiger partial charge in [0.1, 0.15) is 23.9 Å². The van der Waals surface area contributed by atoms with Gasteiger partial charge in [0.2, 0.25) is 5.91 Å². The van der Waals surface area contributed by atoms with Crippen molar-refractivity contribution in [1.82, 2.24) is 10.2 Å². The van der Waals surface area contributed by atoms with E-state index in [2.05, 4.69) is 15.5 Å². The molecular weight excluding hydrogens is 346 g/mol. The first-order chi connectivity index (χ1) is 13.0. The van der Waals surface area contributed by atoms with Gasteiger partial charge in [-0.05, 0) is 54.8 Å². The Morgan fingerprint density at radius 3 is 2.85 bits per heavy atom. The molecule has 1 aromatic heterocycles. The average molecular weight is 365 g/mol. The van der Waals surface area contributed by atoms with Gasteiger partial charge < -0.3 is 20.3 Å². The van der Waals surface area contributed by atoms with Crippen LogP contribution in [0.3, 0.4) is 0 Å². The number of H-pyrrole nitrogens is 1. The Morgan fingerprint density at radius 2 is 2.11 bits per heavy atom. The molecule has 0 saturated heterocycles. The lowest BCUT2D eigenvalue weighted by Gasteiger charge is -2.24. The fourth-order valence-corrected chi connectivity index (χ4v) is 3.23. The average Bonchev–Trinajstić information content (AvgIpc) is 3.08. The third-order valence-corrected chi connectivity index (χ3v) is 4.72. The molecule has 138 valence electrons. The van der Waals surface area contributed by atoms with Crippen molar-refractivity contribution in [2.24, 2.45) is 5.92 Å². The van der Waals surface area contributed by atoms with Gasteiger partial charge in [-0.1, -0.05) is 6.07 Å². The number of carbonyl (C=O) groups excluding carboxylic acids is 1. The van der Waals surface area contributed by atoms with E-state index in [1.807, 2.05) is 13.0 Å². The van der Waals surface area contributed by atoms with Crippen LogP contribution in [0, 0.1) is 12.8 Å². The standard InChI is InChI=1S/C20H19N3O4/c1-11-16(9-21-23-11)12-2-4-17(18(25)8-12)22-20(26)14-6-13-7-15(24)3-5-19(13)27-10-14/h2-5,7-9,14,24-25H,6,10H2,1H3,(H,21,23)(H,22,26). The summed E-state index contributed by atoms with van der Waals surface area (Å²) in [6, 6.07) is 9.94. The lowest BCUT2D eigenvalue weighted by molar-refractivity contribution is -0.121. The maximum Gasteiger partial charge on any atom is 0.231 e. The number of rotatable bonds is 3. The van der Waals surface area contributed by atoms with E-state index in [9.17, 15) is 15.0 Å². The highest BCUT2D eigenvalue weighted by atomic mass is 16.5. The van der Waals surface area contributed by atoms with Gasteiger partial charge in [0.25, 0.3) is 0 Å². The van der Waals surface area contributed by atoms with Crippen molar-refractivity contribution in [1.29, 1.82) is 0 Å². The minimum atomic E-state index is -0.408. The zero-order valence-corrected chi connectivity index (χ0v) is 14.7. The van der Waals surface area contributed by atoms with Crippen molar-refractivity contribution in [3.05, 3.63) is 53.9 Å². The first kappa shape index (κ1) is 17.0. The first-order valence-corrected chi connectivity index (χ1v) is 8.60. The van der Waals surface area contributed by atoms with Gasteiger partial charge in [-0.2, -0.15) is 5.10 Å². The quantitative estimate of drug-likeness (QED) is 0.534. The second-order valence-corrected chi connectivity index (χ2v) is 6.63. The van der Waals surface area contributed by atoms with Crippen LogP contribution in [0.4, 0.5) is 5.69 Å². The molecule has 4 rings (SSSR count). The molecule has 7 nitrogen and oxygen atoms in total. The van der Waals surface area contributed by atoms with E-state index in [1.165, 1.54) is 0 Å². The summed E-state index contributed by atoms with van der Waals surface area (Å²) in [5.74, 6) is 0.151. The maximum atomic E-state index is 12.6. The van der Waals surface area contributed by atoms with E-state index >= 15 is 0 Å². The summed E-state index contributed by atoms with van der Waals surface area (Å²) < 4.78 is 5.62. The summed E-state index contributed by atoms with van der Waals surface area (Å²) in [7, 11) is 0. The second kappa shape index (κ2) is 6.68. The lowest BCUT2D eigenvalue weighted by Crippen LogP contribution is -2.32. The number of aromatic amines is 1. The molecule has 7 heteroatoms. The zero-order valence-electron chi connectivity index (χ0n) is 14.7. The van der Waals surface area contributed by atoms with E-state index < -0.39 is 5.92 Å². The lowest BCUT2D eigenvalue weighted by atomic mass is 9.95. The van der Waals surface area contributed by atoms with Crippen molar-refractivity contribution in [2.75, 3.05) is 11.9 Å². The molecule has 0 bridgehead atoms. The van der Waals surface area contributed by atoms with Crippen molar-refractivity contribution in [2.45, 2.75) is 13.3 Å². The van der Waals surface area contributed by atoms with Crippen LogP contribution in [0.15, 0.2) is 42.6 Å². The number of aromatic hydroxyl groups is 2. The number of phenols is 2. The molecule has 0 fully saturated rings. The highest BCUT2D eigenvalue weighted by Crippen LogP contribution is 2.33. The summed E-state index contributed by atoms with van der Waals surface area (Å²) in [5, 5.41) is 29.5. The molecule has 1 unspecified atom stereocenters. The number of anilines is 1. The number of ether oxygens (including phenoxy) is 1. The minimum Gasteiger partial charge on any atom is -0.508 e. The summed E-state index contributed by atoms with van der Waals surface area (Å²) in [6.07, 6.45) is 2.15. The molecule has 0 saturated carbocycles. The Kier molecular flexibility index (Phi) is 4.19. The third-order valence-electron chi connectivity index (χ3n) is 4.72. The maximum absolute atomic E-state index is 12.6. The van der Waals surface area contributed by atoms with E-state index in [0.29, 0.717) is 17.9 Å². The molecule has 0 spiro atoms. The molecule has 1 amide bonds. The largest absolute Gasteiger partial charge is 0.508 e. The number of nitrogens with zero attached hydrogens (tertiary/aromatic N) is 1. The number of aromatic nitrogens is 2. The highest BCUT2D eigenvalue weighted by Gasteiger charge is 2.27. The summed E-state index contributed by atoms with van der Waals surface area (Å²) in [5.41, 5.74) is 3.72. The third kappa shape index (κ3) is 3.31. The molecule has 2 heterocycles. The van der Waals surface area contributed by atoms with E-state index in [1.54, 1.807) is 36.5 Å². The molecule has 1 aliphatic rings. The van der Waals surface area contributed by atoms with Crippen LogP contribution in [-0.4, -0.2) is 32.9 Å². The predicted molar refractivity (Wildman–Crippen MR) is 99.9 cm³/mol. The molecule has 27 heavy (non-hydrogen) atoms. The smallest absolute Gasteiger partial charge is 0.231 e. The first-order valence-electron chi connectivity index (χ1n) is 8.60. The number of hydrogen-bond donors (Lipinski definition) is 4. The Morgan fingerprint density at radius 1 is 1.26 bits per heavy atom. The number of fused-ring (bicyclic) bond motifs is 1. The second-order valence-electron chi connectivity index (χ2n) is 6.63. The molecule has 1 aliphatic heterocycles. The number of phenolic OH excluding ortho intramolecular Hbond substituents is 2. The molecule has 0 radical (unpaired) electrons. The van der Waals surface area contributed by atoms with Crippen LogP contribution < -0.4 is 10.1 Å². The van der Waals surface area contributed by atoms with Gasteiger partial charge in [-0.3, -0.25) is 9.89 Å². The highest BCUT2D eigenvalue weighted by molar-refractivity contribution is 5.94. The monoisotopic (exact) mass is 365 g/mol. The molecule has 2 aromatic carbocycles. The summed E-state index contributed by atoms with van der Waals surface area (Å²) in [6.45, 7) is 2.14. The normalized spacial score (nSPS) is 15.7. The number of hydrogen-bond acceptors (Lipinski definition) is 5. The van der Waals surface area contributed by atoms with Crippen LogP contribution in [-0.2, 0) is 11.2 Å². The Balaban J connectivity index is 1.49. The molecule has 4 N–H and O–H groups in total. The van der Waals surface area contributed by atoms with Crippen molar-refractivity contribution in [3.63, 3.8) is 0 Å². The predicted octanol–water partition coefficient (Wildman–Crippen LogP) is 2.99. The Labute approximate surface area is 155 Å². The van der Waals surface area contributed by atoms with E-state index in [-0.39, 0.29) is 24.0 Å². The van der Waals surface area contributed by atoms with E-state index in [0.717, 1.165) is 22.4 Å². The van der Waals surface area contributed by atoms with Crippen LogP contribution in [0.5, 0.6) is 17.2 Å². The minimum absolute atomic E-state index is 0.0174. The van der Waals surface area contributed by atoms with Crippen molar-refractivity contribution >= 4 is 11.6 Å². The number of nitrogens with one attached hydrogen (secondary N) is 2. The molecule has 3 aromatic rings. The Hall–Kier alpha value is -3.48. The molecule has 0 aliphatic carbocycles. The molecular formula is C20H19N3O4. The number of benzene rings is 2. The Bertz CT molecular complexity index is 1010. The summed E-state index contributed by atoms with van der Waals surface area (Å²) in [4.78, 5) is 12.6. The fraction of sp³-hybridized carbons (Fsp3) is 0.200. The molecule has 1 atom stereocenters. The number of aryl methyl sites for hydroxylation is 1. The fourth-order valence-electron chi connectivity index (χ4n) is 3.23. The van der Waals surface area contributed by atoms with Crippen molar-refractivity contribution < 1.29 is 19.7 Å². The van der Waals surface area contributed by atoms with Crippen LogP contribution in [0.1, 0.15) is 11.3 Å². The van der Waals surface area contributed by atoms with Gasteiger partial charge in [-0.15, -0.1) is 0 Å². The van der Waals surface area contributed by atoms with Gasteiger partial charge in [0.15, 0.2) is 0 Å². The van der Waals surface area contributed by atoms with Crippen LogP contribution in [0.25, 0.3) is 11.1 Å². The summed E-state index contributed by atoms with van der Waals surface area (Å²) >= 11 is 0. The van der Waals surface area contributed by atoms with Crippen molar-refractivity contribution in [3.8, 4) is 28.4 Å².